The summed E-state index contributed by atoms with van der Waals surface area (Å²) >= 11 is 0. The van der Waals surface area contributed by atoms with Crippen molar-refractivity contribution in [3.63, 3.8) is 0 Å². The first-order valence-electron chi connectivity index (χ1n) is 7.79. The summed E-state index contributed by atoms with van der Waals surface area (Å²) < 4.78 is 17.2. The van der Waals surface area contributed by atoms with E-state index in [1.807, 2.05) is 12.1 Å². The largest absolute Gasteiger partial charge is 0.462 e. The molecule has 4 heteroatoms. The van der Waals surface area contributed by atoms with E-state index in [-0.39, 0.29) is 0 Å². The van der Waals surface area contributed by atoms with Gasteiger partial charge in [-0.25, -0.2) is 0 Å². The third kappa shape index (κ3) is 4.08. The molecule has 0 saturated heterocycles. The Kier molecular flexibility index (Phi) is 4.76. The van der Waals surface area contributed by atoms with Crippen molar-refractivity contribution < 1.29 is 13.9 Å². The zero-order valence-corrected chi connectivity index (χ0v) is 12.3. The quantitative estimate of drug-likeness (QED) is 0.833. The highest BCUT2D eigenvalue weighted by atomic mass is 16.5. The highest BCUT2D eigenvalue weighted by Crippen LogP contribution is 2.24. The van der Waals surface area contributed by atoms with Gasteiger partial charge >= 0.3 is 0 Å². The molecule has 1 aromatic rings. The maximum absolute atomic E-state index is 5.96. The smallest absolute Gasteiger partial charge is 0.129 e. The molecule has 20 heavy (non-hydrogen) atoms. The van der Waals surface area contributed by atoms with E-state index in [0.29, 0.717) is 24.9 Å². The third-order valence-corrected chi connectivity index (χ3v) is 4.23. The number of furan rings is 1. The Morgan fingerprint density at radius 3 is 2.75 bits per heavy atom. The third-order valence-electron chi connectivity index (χ3n) is 4.23. The molecule has 1 aromatic heterocycles. The zero-order valence-electron chi connectivity index (χ0n) is 12.3. The molecule has 0 aromatic carbocycles. The number of rotatable bonds is 7. The maximum atomic E-state index is 5.96. The molecule has 0 amide bonds. The Bertz CT molecular complexity index is 414. The standard InChI is InChI=1S/C16H25NO3/c1-18-13-3-2-4-14(9-13)19-11-16-8-7-15(20-16)10-17-12-5-6-12/h7-8,12-14,17H,2-6,9-11H2,1H3. The number of hydrogen-bond acceptors (Lipinski definition) is 4. The molecular formula is C16H25NO3. The van der Waals surface area contributed by atoms with Crippen LogP contribution < -0.4 is 5.32 Å². The van der Waals surface area contributed by atoms with Gasteiger partial charge in [0.25, 0.3) is 0 Å². The fourth-order valence-corrected chi connectivity index (χ4v) is 2.79. The summed E-state index contributed by atoms with van der Waals surface area (Å²) in [5, 5.41) is 3.45. The summed E-state index contributed by atoms with van der Waals surface area (Å²) in [6.45, 7) is 1.41. The fourth-order valence-electron chi connectivity index (χ4n) is 2.79. The van der Waals surface area contributed by atoms with Crippen molar-refractivity contribution in [2.45, 2.75) is 69.9 Å². The first-order valence-corrected chi connectivity index (χ1v) is 7.79. The minimum Gasteiger partial charge on any atom is -0.462 e. The SMILES string of the molecule is COC1CCCC(OCc2ccc(CNC3CC3)o2)C1. The second kappa shape index (κ2) is 6.74. The summed E-state index contributed by atoms with van der Waals surface area (Å²) in [7, 11) is 1.79. The number of hydrogen-bond donors (Lipinski definition) is 1. The molecule has 3 rings (SSSR count). The molecule has 2 atom stereocenters. The Morgan fingerprint density at radius 2 is 1.95 bits per heavy atom. The van der Waals surface area contributed by atoms with Crippen molar-refractivity contribution in [2.75, 3.05) is 7.11 Å². The maximum Gasteiger partial charge on any atom is 0.129 e. The molecule has 0 radical (unpaired) electrons. The van der Waals surface area contributed by atoms with Crippen LogP contribution in [-0.4, -0.2) is 25.4 Å². The van der Waals surface area contributed by atoms with Crippen molar-refractivity contribution in [2.24, 2.45) is 0 Å². The predicted octanol–water partition coefficient (Wildman–Crippen LogP) is 3.01. The average molecular weight is 279 g/mol. The van der Waals surface area contributed by atoms with Gasteiger partial charge in [0, 0.05) is 13.2 Å². The van der Waals surface area contributed by atoms with Crippen LogP contribution in [0.5, 0.6) is 0 Å². The lowest BCUT2D eigenvalue weighted by atomic mass is 9.95. The van der Waals surface area contributed by atoms with E-state index in [1.54, 1.807) is 7.11 Å². The lowest BCUT2D eigenvalue weighted by Crippen LogP contribution is -2.27. The molecule has 2 aliphatic carbocycles. The molecule has 0 spiro atoms. The van der Waals surface area contributed by atoms with E-state index in [0.717, 1.165) is 37.3 Å². The molecule has 2 unspecified atom stereocenters. The molecule has 0 bridgehead atoms. The van der Waals surface area contributed by atoms with E-state index in [1.165, 1.54) is 19.3 Å². The van der Waals surface area contributed by atoms with Gasteiger partial charge in [0.15, 0.2) is 0 Å². The second-order valence-corrected chi connectivity index (χ2v) is 5.98. The van der Waals surface area contributed by atoms with Crippen LogP contribution in [-0.2, 0) is 22.6 Å². The topological polar surface area (TPSA) is 43.6 Å². The van der Waals surface area contributed by atoms with E-state index in [9.17, 15) is 0 Å². The van der Waals surface area contributed by atoms with Gasteiger partial charge in [-0.3, -0.25) is 0 Å². The summed E-state index contributed by atoms with van der Waals surface area (Å²) in [5.41, 5.74) is 0. The number of ether oxygens (including phenoxy) is 2. The molecule has 112 valence electrons. The van der Waals surface area contributed by atoms with E-state index < -0.39 is 0 Å². The Labute approximate surface area is 120 Å². The fraction of sp³-hybridized carbons (Fsp3) is 0.750. The minimum absolute atomic E-state index is 0.312. The van der Waals surface area contributed by atoms with Gasteiger partial charge in [-0.05, 0) is 50.7 Å². The van der Waals surface area contributed by atoms with Gasteiger partial charge in [-0.2, -0.15) is 0 Å². The predicted molar refractivity (Wildman–Crippen MR) is 76.4 cm³/mol. The van der Waals surface area contributed by atoms with Crippen LogP contribution in [0.25, 0.3) is 0 Å². The van der Waals surface area contributed by atoms with Crippen LogP contribution in [0.4, 0.5) is 0 Å². The van der Waals surface area contributed by atoms with Crippen molar-refractivity contribution in [3.8, 4) is 0 Å². The lowest BCUT2D eigenvalue weighted by molar-refractivity contribution is -0.0407. The van der Waals surface area contributed by atoms with Gasteiger partial charge in [0.1, 0.15) is 18.1 Å². The first-order chi connectivity index (χ1) is 9.83. The Morgan fingerprint density at radius 1 is 1.15 bits per heavy atom. The molecule has 1 N–H and O–H groups in total. The van der Waals surface area contributed by atoms with Gasteiger partial charge in [-0.15, -0.1) is 0 Å². The van der Waals surface area contributed by atoms with Crippen LogP contribution in [0.2, 0.25) is 0 Å². The van der Waals surface area contributed by atoms with Gasteiger partial charge in [0.2, 0.25) is 0 Å². The highest BCUT2D eigenvalue weighted by Gasteiger charge is 2.23. The molecule has 4 nitrogen and oxygen atoms in total. The van der Waals surface area contributed by atoms with Gasteiger partial charge in [0.05, 0.1) is 18.8 Å². The first kappa shape index (κ1) is 14.1. The van der Waals surface area contributed by atoms with Gasteiger partial charge in [-0.1, -0.05) is 0 Å². The minimum atomic E-state index is 0.312. The molecule has 2 saturated carbocycles. The lowest BCUT2D eigenvalue weighted by Gasteiger charge is -2.27. The summed E-state index contributed by atoms with van der Waals surface area (Å²) in [4.78, 5) is 0. The molecule has 1 heterocycles. The van der Waals surface area contributed by atoms with Crippen LogP contribution in [0, 0.1) is 0 Å². The zero-order chi connectivity index (χ0) is 13.8. The molecule has 0 aliphatic heterocycles. The molecule has 2 fully saturated rings. The normalized spacial score (nSPS) is 26.9. The van der Waals surface area contributed by atoms with E-state index >= 15 is 0 Å². The van der Waals surface area contributed by atoms with Crippen LogP contribution in [0.1, 0.15) is 50.0 Å². The van der Waals surface area contributed by atoms with E-state index in [4.69, 9.17) is 13.9 Å². The van der Waals surface area contributed by atoms with Crippen molar-refractivity contribution in [3.05, 3.63) is 23.7 Å². The number of nitrogens with one attached hydrogen (secondary N) is 1. The van der Waals surface area contributed by atoms with Crippen molar-refractivity contribution >= 4 is 0 Å². The van der Waals surface area contributed by atoms with Gasteiger partial charge < -0.3 is 19.2 Å². The van der Waals surface area contributed by atoms with Crippen LogP contribution in [0.15, 0.2) is 16.5 Å². The van der Waals surface area contributed by atoms with Crippen molar-refractivity contribution in [1.82, 2.24) is 5.32 Å². The molecule has 2 aliphatic rings. The van der Waals surface area contributed by atoms with Crippen LogP contribution in [0.3, 0.4) is 0 Å². The summed E-state index contributed by atoms with van der Waals surface area (Å²) in [6.07, 6.45) is 7.78. The monoisotopic (exact) mass is 279 g/mol. The number of methoxy groups -OCH3 is 1. The van der Waals surface area contributed by atoms with Crippen LogP contribution >= 0.6 is 0 Å². The Balaban J connectivity index is 1.40. The Hall–Kier alpha value is -0.840. The highest BCUT2D eigenvalue weighted by molar-refractivity contribution is 5.06. The molecular weight excluding hydrogens is 254 g/mol. The second-order valence-electron chi connectivity index (χ2n) is 5.98. The van der Waals surface area contributed by atoms with E-state index in [2.05, 4.69) is 5.32 Å². The average Bonchev–Trinajstić information content (AvgIpc) is 3.21. The summed E-state index contributed by atoms with van der Waals surface area (Å²) in [5.74, 6) is 1.94. The van der Waals surface area contributed by atoms with Crippen molar-refractivity contribution in [1.29, 1.82) is 0 Å². The summed E-state index contributed by atoms with van der Waals surface area (Å²) in [6, 6.07) is 4.79.